The number of aliphatic hydroxyl groups excluding tert-OH is 2. The number of fused-ring (bicyclic) bond motifs is 5. The number of carbonyl (C=O) groups is 1. The second-order valence-corrected chi connectivity index (χ2v) is 11.4. The van der Waals surface area contributed by atoms with Crippen molar-refractivity contribution in [2.24, 2.45) is 46.3 Å². The molecule has 0 spiro atoms. The van der Waals surface area contributed by atoms with Crippen LogP contribution in [0, 0.1) is 46.3 Å². The number of carboxylic acids is 1. The van der Waals surface area contributed by atoms with Gasteiger partial charge in [0.2, 0.25) is 0 Å². The van der Waals surface area contributed by atoms with Crippen LogP contribution in [0.4, 0.5) is 0 Å². The molecule has 0 saturated heterocycles. The minimum absolute atomic E-state index is 0.176. The third kappa shape index (κ3) is 3.14. The first-order valence-electron chi connectivity index (χ1n) is 11.7. The molecule has 28 heavy (non-hydrogen) atoms. The predicted octanol–water partition coefficient (Wildman–Crippen LogP) is 4.48. The quantitative estimate of drug-likeness (QED) is 0.659. The lowest BCUT2D eigenvalue weighted by molar-refractivity contribution is -0.172. The summed E-state index contributed by atoms with van der Waals surface area (Å²) in [5.74, 6) is 2.61. The highest BCUT2D eigenvalue weighted by atomic mass is 16.4. The SMILES string of the molecule is C[C@H](CCC(=O)O)[C@@H]1CC[C@@H]2[C@@H]3C[C@H](O)[C@@H]4C[C@H](O)CC[C@]4(C)[C@@H]3CC[C@]21C. The first kappa shape index (κ1) is 20.7. The smallest absolute Gasteiger partial charge is 0.303 e. The fraction of sp³-hybridized carbons (Fsp3) is 0.958. The zero-order valence-electron chi connectivity index (χ0n) is 17.9. The Morgan fingerprint density at radius 3 is 2.36 bits per heavy atom. The molecule has 4 aliphatic carbocycles. The van der Waals surface area contributed by atoms with Crippen LogP contribution in [-0.4, -0.2) is 33.5 Å². The van der Waals surface area contributed by atoms with Crippen LogP contribution in [-0.2, 0) is 4.79 Å². The highest BCUT2D eigenvalue weighted by Crippen LogP contribution is 2.68. The van der Waals surface area contributed by atoms with Crippen molar-refractivity contribution in [2.75, 3.05) is 0 Å². The molecular formula is C24H40O4. The standard InChI is InChI=1S/C24H40O4/c1-14(4-7-22(27)28)17-5-6-18-16-13-21(26)20-12-15(25)8-10-24(20,3)19(16)9-11-23(17,18)2/h14-21,25-26H,4-13H2,1-3H3,(H,27,28)/t14-,15-,16+,17+,18-,19-,20+,21+,23+,24-/m1/s1. The summed E-state index contributed by atoms with van der Waals surface area (Å²) in [5, 5.41) is 30.4. The maximum Gasteiger partial charge on any atom is 0.303 e. The fourth-order valence-corrected chi connectivity index (χ4v) is 8.81. The Morgan fingerprint density at radius 1 is 0.964 bits per heavy atom. The average molecular weight is 393 g/mol. The second kappa shape index (κ2) is 7.27. The van der Waals surface area contributed by atoms with Gasteiger partial charge in [-0.15, -0.1) is 0 Å². The van der Waals surface area contributed by atoms with Crippen molar-refractivity contribution >= 4 is 5.97 Å². The van der Waals surface area contributed by atoms with Crippen LogP contribution >= 0.6 is 0 Å². The second-order valence-electron chi connectivity index (χ2n) is 11.4. The van der Waals surface area contributed by atoms with Crippen molar-refractivity contribution in [3.05, 3.63) is 0 Å². The molecule has 0 aliphatic heterocycles. The molecule has 0 heterocycles. The molecule has 0 aromatic carbocycles. The maximum absolute atomic E-state index is 11.1. The van der Waals surface area contributed by atoms with E-state index in [0.717, 1.165) is 32.1 Å². The fourth-order valence-electron chi connectivity index (χ4n) is 8.81. The molecule has 160 valence electrons. The van der Waals surface area contributed by atoms with E-state index >= 15 is 0 Å². The summed E-state index contributed by atoms with van der Waals surface area (Å²) >= 11 is 0. The maximum atomic E-state index is 11.1. The minimum atomic E-state index is -0.677. The summed E-state index contributed by atoms with van der Waals surface area (Å²) < 4.78 is 0. The predicted molar refractivity (Wildman–Crippen MR) is 109 cm³/mol. The van der Waals surface area contributed by atoms with Crippen LogP contribution in [0.1, 0.15) is 85.0 Å². The van der Waals surface area contributed by atoms with Gasteiger partial charge in [-0.1, -0.05) is 20.8 Å². The van der Waals surface area contributed by atoms with Gasteiger partial charge in [-0.3, -0.25) is 4.79 Å². The highest BCUT2D eigenvalue weighted by Gasteiger charge is 2.62. The van der Waals surface area contributed by atoms with Crippen molar-refractivity contribution in [3.63, 3.8) is 0 Å². The Hall–Kier alpha value is -0.610. The zero-order valence-corrected chi connectivity index (χ0v) is 17.9. The molecular weight excluding hydrogens is 352 g/mol. The number of aliphatic hydroxyl groups is 2. The number of aliphatic carboxylic acids is 1. The third-order valence-corrected chi connectivity index (χ3v) is 10.2. The summed E-state index contributed by atoms with van der Waals surface area (Å²) in [6.07, 6.45) is 9.16. The number of rotatable bonds is 4. The molecule has 4 heteroatoms. The van der Waals surface area contributed by atoms with Gasteiger partial charge in [0.05, 0.1) is 12.2 Å². The largest absolute Gasteiger partial charge is 0.481 e. The van der Waals surface area contributed by atoms with E-state index in [1.807, 2.05) is 0 Å². The van der Waals surface area contributed by atoms with Crippen molar-refractivity contribution < 1.29 is 20.1 Å². The van der Waals surface area contributed by atoms with Crippen LogP contribution in [0.5, 0.6) is 0 Å². The summed E-state index contributed by atoms with van der Waals surface area (Å²) in [7, 11) is 0. The first-order chi connectivity index (χ1) is 13.2. The van der Waals surface area contributed by atoms with E-state index in [-0.39, 0.29) is 30.0 Å². The molecule has 4 rings (SSSR count). The van der Waals surface area contributed by atoms with E-state index in [9.17, 15) is 15.0 Å². The van der Waals surface area contributed by atoms with Crippen molar-refractivity contribution in [1.29, 1.82) is 0 Å². The van der Waals surface area contributed by atoms with E-state index in [4.69, 9.17) is 5.11 Å². The Bertz CT molecular complexity index is 605. The normalized spacial score (nSPS) is 51.7. The zero-order chi connectivity index (χ0) is 20.3. The summed E-state index contributed by atoms with van der Waals surface area (Å²) in [6.45, 7) is 7.16. The molecule has 4 fully saturated rings. The van der Waals surface area contributed by atoms with Crippen molar-refractivity contribution in [2.45, 2.75) is 97.2 Å². The average Bonchev–Trinajstić information content (AvgIpc) is 2.99. The molecule has 4 saturated carbocycles. The molecule has 0 amide bonds. The lowest BCUT2D eigenvalue weighted by Gasteiger charge is -2.62. The van der Waals surface area contributed by atoms with Gasteiger partial charge >= 0.3 is 5.97 Å². The van der Waals surface area contributed by atoms with Gasteiger partial charge in [-0.05, 0) is 104 Å². The van der Waals surface area contributed by atoms with Crippen LogP contribution in [0.25, 0.3) is 0 Å². The Morgan fingerprint density at radius 2 is 1.64 bits per heavy atom. The molecule has 0 radical (unpaired) electrons. The topological polar surface area (TPSA) is 77.8 Å². The summed E-state index contributed by atoms with van der Waals surface area (Å²) in [4.78, 5) is 11.1. The van der Waals surface area contributed by atoms with Crippen molar-refractivity contribution in [1.82, 2.24) is 0 Å². The van der Waals surface area contributed by atoms with Gasteiger partial charge in [0.25, 0.3) is 0 Å². The van der Waals surface area contributed by atoms with Crippen LogP contribution < -0.4 is 0 Å². The van der Waals surface area contributed by atoms with E-state index < -0.39 is 5.97 Å². The van der Waals surface area contributed by atoms with Gasteiger partial charge < -0.3 is 15.3 Å². The van der Waals surface area contributed by atoms with Gasteiger partial charge in [0.1, 0.15) is 0 Å². The van der Waals surface area contributed by atoms with E-state index in [1.165, 1.54) is 25.7 Å². The van der Waals surface area contributed by atoms with Gasteiger partial charge in [0.15, 0.2) is 0 Å². The monoisotopic (exact) mass is 392 g/mol. The highest BCUT2D eigenvalue weighted by molar-refractivity contribution is 5.66. The summed E-state index contributed by atoms with van der Waals surface area (Å²) in [6, 6.07) is 0. The van der Waals surface area contributed by atoms with E-state index in [0.29, 0.717) is 35.0 Å². The van der Waals surface area contributed by atoms with Gasteiger partial charge in [0, 0.05) is 6.42 Å². The molecule has 0 unspecified atom stereocenters. The Balaban J connectivity index is 1.55. The van der Waals surface area contributed by atoms with Crippen LogP contribution in [0.3, 0.4) is 0 Å². The Kier molecular flexibility index (Phi) is 5.36. The third-order valence-electron chi connectivity index (χ3n) is 10.2. The molecule has 0 bridgehead atoms. The number of carboxylic acid groups (broad SMARTS) is 1. The minimum Gasteiger partial charge on any atom is -0.481 e. The number of hydrogen-bond acceptors (Lipinski definition) is 3. The molecule has 0 aromatic heterocycles. The molecule has 4 aliphatic rings. The number of hydrogen-bond donors (Lipinski definition) is 3. The van der Waals surface area contributed by atoms with E-state index in [2.05, 4.69) is 20.8 Å². The molecule has 3 N–H and O–H groups in total. The van der Waals surface area contributed by atoms with E-state index in [1.54, 1.807) is 0 Å². The van der Waals surface area contributed by atoms with Crippen LogP contribution in [0.15, 0.2) is 0 Å². The molecule has 0 aromatic rings. The van der Waals surface area contributed by atoms with Gasteiger partial charge in [-0.2, -0.15) is 0 Å². The molecule has 10 atom stereocenters. The molecule has 4 nitrogen and oxygen atoms in total. The lowest BCUT2D eigenvalue weighted by atomic mass is 9.44. The summed E-state index contributed by atoms with van der Waals surface area (Å²) in [5.41, 5.74) is 0.478. The van der Waals surface area contributed by atoms with Gasteiger partial charge in [-0.25, -0.2) is 0 Å². The first-order valence-corrected chi connectivity index (χ1v) is 11.7. The van der Waals surface area contributed by atoms with Crippen LogP contribution in [0.2, 0.25) is 0 Å². The Labute approximate surface area is 170 Å². The lowest BCUT2D eigenvalue weighted by Crippen LogP contribution is -2.58. The van der Waals surface area contributed by atoms with Crippen molar-refractivity contribution in [3.8, 4) is 0 Å².